The van der Waals surface area contributed by atoms with Crippen molar-refractivity contribution in [3.05, 3.63) is 35.4 Å². The van der Waals surface area contributed by atoms with Gasteiger partial charge in [-0.3, -0.25) is 14.5 Å². The van der Waals surface area contributed by atoms with Crippen molar-refractivity contribution in [2.45, 2.75) is 26.7 Å². The summed E-state index contributed by atoms with van der Waals surface area (Å²) < 4.78 is 0. The fraction of sp³-hybridized carbons (Fsp3) is 0.556. The number of nitrogens with zero attached hydrogens (tertiary/aromatic N) is 2. The van der Waals surface area contributed by atoms with Gasteiger partial charge in [-0.25, -0.2) is 0 Å². The molecule has 1 aliphatic heterocycles. The van der Waals surface area contributed by atoms with E-state index in [0.717, 1.165) is 18.7 Å². The molecule has 1 aromatic carbocycles. The first-order valence-corrected chi connectivity index (χ1v) is 8.39. The number of nitrogens with one attached hydrogen (secondary N) is 1. The Morgan fingerprint density at radius 3 is 2.22 bits per heavy atom. The Morgan fingerprint density at radius 1 is 1.09 bits per heavy atom. The topological polar surface area (TPSA) is 52.7 Å². The van der Waals surface area contributed by atoms with Crippen molar-refractivity contribution in [3.8, 4) is 0 Å². The number of hydrogen-bond acceptors (Lipinski definition) is 3. The zero-order valence-electron chi connectivity index (χ0n) is 14.3. The third-order valence-corrected chi connectivity index (χ3v) is 4.22. The summed E-state index contributed by atoms with van der Waals surface area (Å²) in [5.41, 5.74) is 1.99. The molecule has 1 aliphatic rings. The fourth-order valence-electron chi connectivity index (χ4n) is 2.76. The van der Waals surface area contributed by atoms with Crippen LogP contribution >= 0.6 is 0 Å². The summed E-state index contributed by atoms with van der Waals surface area (Å²) in [6, 6.07) is 7.89. The molecular formula is C18H27N3O2. The monoisotopic (exact) mass is 317 g/mol. The van der Waals surface area contributed by atoms with Crippen LogP contribution in [0.5, 0.6) is 0 Å². The first-order chi connectivity index (χ1) is 11.0. The molecule has 5 nitrogen and oxygen atoms in total. The maximum Gasteiger partial charge on any atom is 0.253 e. The first kappa shape index (κ1) is 17.5. The van der Waals surface area contributed by atoms with Crippen LogP contribution in [0, 0.1) is 0 Å². The number of benzene rings is 1. The SMILES string of the molecule is CCNC(=O)CN1CCN(C(=O)c2ccc(C(C)C)cc2)CC1. The normalized spacial score (nSPS) is 15.7. The van der Waals surface area contributed by atoms with Gasteiger partial charge >= 0.3 is 0 Å². The first-order valence-electron chi connectivity index (χ1n) is 8.39. The van der Waals surface area contributed by atoms with Gasteiger partial charge in [0.2, 0.25) is 5.91 Å². The third-order valence-electron chi connectivity index (χ3n) is 4.22. The van der Waals surface area contributed by atoms with Crippen molar-refractivity contribution in [2.24, 2.45) is 0 Å². The number of carbonyl (C=O) groups excluding carboxylic acids is 2. The molecule has 0 saturated carbocycles. The largest absolute Gasteiger partial charge is 0.355 e. The van der Waals surface area contributed by atoms with Gasteiger partial charge in [-0.05, 0) is 30.5 Å². The number of piperazine rings is 1. The highest BCUT2D eigenvalue weighted by Gasteiger charge is 2.23. The van der Waals surface area contributed by atoms with Crippen LogP contribution in [0.4, 0.5) is 0 Å². The number of hydrogen-bond donors (Lipinski definition) is 1. The van der Waals surface area contributed by atoms with Crippen LogP contribution in [0.3, 0.4) is 0 Å². The van der Waals surface area contributed by atoms with E-state index in [1.165, 1.54) is 5.56 Å². The molecule has 2 rings (SSSR count). The standard InChI is InChI=1S/C18H27N3O2/c1-4-19-17(22)13-20-9-11-21(12-10-20)18(23)16-7-5-15(6-8-16)14(2)3/h5-8,14H,4,9-13H2,1-3H3,(H,19,22). The minimum absolute atomic E-state index is 0.0524. The van der Waals surface area contributed by atoms with E-state index in [-0.39, 0.29) is 11.8 Å². The minimum Gasteiger partial charge on any atom is -0.355 e. The van der Waals surface area contributed by atoms with Gasteiger partial charge in [0.15, 0.2) is 0 Å². The lowest BCUT2D eigenvalue weighted by molar-refractivity contribution is -0.122. The number of amides is 2. The molecule has 1 N–H and O–H groups in total. The zero-order chi connectivity index (χ0) is 16.8. The second-order valence-electron chi connectivity index (χ2n) is 6.30. The molecule has 1 fully saturated rings. The van der Waals surface area contributed by atoms with Gasteiger partial charge in [-0.15, -0.1) is 0 Å². The van der Waals surface area contributed by atoms with Crippen LogP contribution in [-0.4, -0.2) is 60.9 Å². The minimum atomic E-state index is 0.0524. The average molecular weight is 317 g/mol. The number of carbonyl (C=O) groups is 2. The smallest absolute Gasteiger partial charge is 0.253 e. The van der Waals surface area contributed by atoms with Crippen molar-refractivity contribution in [3.63, 3.8) is 0 Å². The van der Waals surface area contributed by atoms with E-state index in [0.29, 0.717) is 32.1 Å². The molecule has 0 atom stereocenters. The second-order valence-corrected chi connectivity index (χ2v) is 6.30. The molecule has 0 aliphatic carbocycles. The van der Waals surface area contributed by atoms with Gasteiger partial charge in [0.1, 0.15) is 0 Å². The molecule has 0 bridgehead atoms. The van der Waals surface area contributed by atoms with Crippen molar-refractivity contribution in [1.29, 1.82) is 0 Å². The summed E-state index contributed by atoms with van der Waals surface area (Å²) in [4.78, 5) is 28.1. The molecule has 126 valence electrons. The van der Waals surface area contributed by atoms with E-state index in [1.807, 2.05) is 36.1 Å². The molecule has 1 aromatic rings. The van der Waals surface area contributed by atoms with Crippen LogP contribution in [-0.2, 0) is 4.79 Å². The van der Waals surface area contributed by atoms with E-state index in [4.69, 9.17) is 0 Å². The van der Waals surface area contributed by atoms with Gasteiger partial charge in [0, 0.05) is 38.3 Å². The maximum atomic E-state index is 12.5. The highest BCUT2D eigenvalue weighted by molar-refractivity contribution is 5.94. The molecule has 0 radical (unpaired) electrons. The molecule has 1 saturated heterocycles. The summed E-state index contributed by atoms with van der Waals surface area (Å²) >= 11 is 0. The summed E-state index contributed by atoms with van der Waals surface area (Å²) in [5, 5.41) is 2.81. The van der Waals surface area contributed by atoms with Crippen LogP contribution < -0.4 is 5.32 Å². The predicted molar refractivity (Wildman–Crippen MR) is 91.6 cm³/mol. The Labute approximate surface area is 138 Å². The molecule has 0 unspecified atom stereocenters. The van der Waals surface area contributed by atoms with Gasteiger partial charge in [0.05, 0.1) is 6.54 Å². The van der Waals surface area contributed by atoms with Gasteiger partial charge < -0.3 is 10.2 Å². The van der Waals surface area contributed by atoms with Crippen LogP contribution in [0.15, 0.2) is 24.3 Å². The third kappa shape index (κ3) is 4.79. The highest BCUT2D eigenvalue weighted by Crippen LogP contribution is 2.16. The lowest BCUT2D eigenvalue weighted by atomic mass is 10.0. The van der Waals surface area contributed by atoms with E-state index < -0.39 is 0 Å². The molecule has 5 heteroatoms. The van der Waals surface area contributed by atoms with Crippen molar-refractivity contribution in [1.82, 2.24) is 15.1 Å². The predicted octanol–water partition coefficient (Wildman–Crippen LogP) is 1.70. The fourth-order valence-corrected chi connectivity index (χ4v) is 2.76. The molecule has 0 aromatic heterocycles. The summed E-state index contributed by atoms with van der Waals surface area (Å²) in [7, 11) is 0. The van der Waals surface area contributed by atoms with E-state index >= 15 is 0 Å². The van der Waals surface area contributed by atoms with E-state index in [1.54, 1.807) is 0 Å². The highest BCUT2D eigenvalue weighted by atomic mass is 16.2. The lowest BCUT2D eigenvalue weighted by Crippen LogP contribution is -2.51. The van der Waals surface area contributed by atoms with Crippen LogP contribution in [0.1, 0.15) is 42.6 Å². The van der Waals surface area contributed by atoms with E-state index in [9.17, 15) is 9.59 Å². The van der Waals surface area contributed by atoms with Crippen molar-refractivity contribution < 1.29 is 9.59 Å². The van der Waals surface area contributed by atoms with Gasteiger partial charge in [-0.2, -0.15) is 0 Å². The Morgan fingerprint density at radius 2 is 1.70 bits per heavy atom. The lowest BCUT2D eigenvalue weighted by Gasteiger charge is -2.34. The number of likely N-dealkylation sites (N-methyl/N-ethyl adjacent to an activating group) is 1. The van der Waals surface area contributed by atoms with Crippen LogP contribution in [0.2, 0.25) is 0 Å². The second kappa shape index (κ2) is 8.11. The average Bonchev–Trinajstić information content (AvgIpc) is 2.55. The summed E-state index contributed by atoms with van der Waals surface area (Å²) in [6.07, 6.45) is 0. The van der Waals surface area contributed by atoms with Gasteiger partial charge in [-0.1, -0.05) is 26.0 Å². The molecular weight excluding hydrogens is 290 g/mol. The maximum absolute atomic E-state index is 12.5. The summed E-state index contributed by atoms with van der Waals surface area (Å²) in [6.45, 7) is 10.1. The molecule has 1 heterocycles. The van der Waals surface area contributed by atoms with Crippen molar-refractivity contribution >= 4 is 11.8 Å². The molecule has 23 heavy (non-hydrogen) atoms. The number of rotatable bonds is 5. The van der Waals surface area contributed by atoms with Crippen molar-refractivity contribution in [2.75, 3.05) is 39.3 Å². The Balaban J connectivity index is 1.87. The van der Waals surface area contributed by atoms with Gasteiger partial charge in [0.25, 0.3) is 5.91 Å². The summed E-state index contributed by atoms with van der Waals surface area (Å²) in [5.74, 6) is 0.603. The van der Waals surface area contributed by atoms with Crippen LogP contribution in [0.25, 0.3) is 0 Å². The Hall–Kier alpha value is -1.88. The molecule has 0 spiro atoms. The molecule has 2 amide bonds. The zero-order valence-corrected chi connectivity index (χ0v) is 14.3. The Kier molecular flexibility index (Phi) is 6.16. The Bertz CT molecular complexity index is 532. The van der Waals surface area contributed by atoms with E-state index in [2.05, 4.69) is 24.1 Å². The quantitative estimate of drug-likeness (QED) is 0.899.